The molecule has 3 aromatic rings. The van der Waals surface area contributed by atoms with E-state index in [1.807, 2.05) is 41.0 Å². The second-order valence-electron chi connectivity index (χ2n) is 4.73. The van der Waals surface area contributed by atoms with Crippen molar-refractivity contribution < 1.29 is 0 Å². The van der Waals surface area contributed by atoms with E-state index in [-0.39, 0.29) is 0 Å². The molecule has 0 saturated carbocycles. The van der Waals surface area contributed by atoms with Gasteiger partial charge in [-0.05, 0) is 24.1 Å². The number of hydrogen-bond acceptors (Lipinski definition) is 2. The Bertz CT molecular complexity index is 720. The maximum atomic E-state index is 6.17. The molecule has 1 heterocycles. The lowest BCUT2D eigenvalue weighted by Gasteiger charge is -2.08. The number of nitrogens with zero attached hydrogens (tertiary/aromatic N) is 3. The molecule has 0 aliphatic carbocycles. The van der Waals surface area contributed by atoms with Crippen LogP contribution in [0.1, 0.15) is 11.1 Å². The molecule has 0 N–H and O–H groups in total. The molecule has 0 saturated heterocycles. The molecule has 0 aliphatic rings. The summed E-state index contributed by atoms with van der Waals surface area (Å²) in [6, 6.07) is 18.3. The fraction of sp³-hybridized carbons (Fsp3) is 0.125. The van der Waals surface area contributed by atoms with Crippen LogP contribution >= 0.6 is 11.6 Å². The predicted molar refractivity (Wildman–Crippen MR) is 80.7 cm³/mol. The van der Waals surface area contributed by atoms with E-state index in [1.165, 1.54) is 11.1 Å². The molecule has 4 heteroatoms. The maximum absolute atomic E-state index is 6.17. The van der Waals surface area contributed by atoms with E-state index in [0.717, 1.165) is 11.4 Å². The van der Waals surface area contributed by atoms with Crippen LogP contribution in [0.25, 0.3) is 11.4 Å². The largest absolute Gasteiger partial charge is 0.293 e. The summed E-state index contributed by atoms with van der Waals surface area (Å²) in [6.07, 6.45) is 0. The van der Waals surface area contributed by atoms with Crippen LogP contribution < -0.4 is 0 Å². The summed E-state index contributed by atoms with van der Waals surface area (Å²) < 4.78 is 1.92. The zero-order valence-electron chi connectivity index (χ0n) is 11.1. The van der Waals surface area contributed by atoms with Crippen LogP contribution in [-0.2, 0) is 6.54 Å². The minimum absolute atomic E-state index is 0.408. The lowest BCUT2D eigenvalue weighted by Crippen LogP contribution is -2.02. The van der Waals surface area contributed by atoms with Gasteiger partial charge in [-0.25, -0.2) is 0 Å². The van der Waals surface area contributed by atoms with Gasteiger partial charge in [0.15, 0.2) is 5.82 Å². The molecule has 100 valence electrons. The summed E-state index contributed by atoms with van der Waals surface area (Å²) in [7, 11) is 0. The zero-order valence-corrected chi connectivity index (χ0v) is 11.9. The van der Waals surface area contributed by atoms with Gasteiger partial charge in [0.2, 0.25) is 5.28 Å². The lowest BCUT2D eigenvalue weighted by atomic mass is 10.1. The van der Waals surface area contributed by atoms with Crippen molar-refractivity contribution in [3.8, 4) is 11.4 Å². The highest BCUT2D eigenvalue weighted by atomic mass is 35.5. The van der Waals surface area contributed by atoms with Crippen molar-refractivity contribution in [2.24, 2.45) is 0 Å². The normalized spacial score (nSPS) is 10.7. The summed E-state index contributed by atoms with van der Waals surface area (Å²) in [5, 5.41) is 8.58. The van der Waals surface area contributed by atoms with Gasteiger partial charge < -0.3 is 0 Å². The standard InChI is InChI=1S/C16H14ClN3/c1-12-6-5-7-13(10-12)11-20-15(18-19-16(20)17)14-8-3-2-4-9-14/h2-10H,11H2,1H3. The first-order valence-corrected chi connectivity index (χ1v) is 6.81. The predicted octanol–water partition coefficient (Wildman–Crippen LogP) is 3.96. The minimum Gasteiger partial charge on any atom is -0.293 e. The first-order chi connectivity index (χ1) is 9.74. The Labute approximate surface area is 122 Å². The van der Waals surface area contributed by atoms with Gasteiger partial charge in [-0.1, -0.05) is 60.2 Å². The summed E-state index contributed by atoms with van der Waals surface area (Å²) >= 11 is 6.17. The Hall–Kier alpha value is -2.13. The first-order valence-electron chi connectivity index (χ1n) is 6.44. The molecule has 1 aromatic heterocycles. The van der Waals surface area contributed by atoms with Gasteiger partial charge in [0, 0.05) is 5.56 Å². The molecule has 0 unspecified atom stereocenters. The van der Waals surface area contributed by atoms with Crippen LogP contribution in [0.5, 0.6) is 0 Å². The number of hydrogen-bond donors (Lipinski definition) is 0. The van der Waals surface area contributed by atoms with E-state index in [0.29, 0.717) is 11.8 Å². The first kappa shape index (κ1) is 12.9. The zero-order chi connectivity index (χ0) is 13.9. The van der Waals surface area contributed by atoms with Crippen molar-refractivity contribution in [2.75, 3.05) is 0 Å². The third-order valence-electron chi connectivity index (χ3n) is 3.16. The molecule has 0 spiro atoms. The Balaban J connectivity index is 2.00. The van der Waals surface area contributed by atoms with E-state index >= 15 is 0 Å². The van der Waals surface area contributed by atoms with Crippen LogP contribution in [0.3, 0.4) is 0 Å². The number of aromatic nitrogens is 3. The summed E-state index contributed by atoms with van der Waals surface area (Å²) in [4.78, 5) is 0. The molecular formula is C16H14ClN3. The van der Waals surface area contributed by atoms with Crippen LogP contribution in [0.4, 0.5) is 0 Å². The molecular weight excluding hydrogens is 270 g/mol. The van der Waals surface area contributed by atoms with Crippen molar-refractivity contribution >= 4 is 11.6 Å². The van der Waals surface area contributed by atoms with Gasteiger partial charge in [0.05, 0.1) is 6.54 Å². The van der Waals surface area contributed by atoms with Crippen LogP contribution in [-0.4, -0.2) is 14.8 Å². The molecule has 3 nitrogen and oxygen atoms in total. The quantitative estimate of drug-likeness (QED) is 0.728. The van der Waals surface area contributed by atoms with Crippen molar-refractivity contribution in [2.45, 2.75) is 13.5 Å². The van der Waals surface area contributed by atoms with Crippen LogP contribution in [0.15, 0.2) is 54.6 Å². The Morgan fingerprint density at radius 1 is 1.00 bits per heavy atom. The number of benzene rings is 2. The van der Waals surface area contributed by atoms with Crippen molar-refractivity contribution in [1.29, 1.82) is 0 Å². The Morgan fingerprint density at radius 2 is 1.80 bits per heavy atom. The number of aryl methyl sites for hydroxylation is 1. The summed E-state index contributed by atoms with van der Waals surface area (Å²) in [6.45, 7) is 2.74. The summed E-state index contributed by atoms with van der Waals surface area (Å²) in [5.74, 6) is 0.789. The lowest BCUT2D eigenvalue weighted by molar-refractivity contribution is 0.803. The molecule has 20 heavy (non-hydrogen) atoms. The van der Waals surface area contributed by atoms with Gasteiger partial charge in [0.1, 0.15) is 0 Å². The highest BCUT2D eigenvalue weighted by Gasteiger charge is 2.12. The average molecular weight is 284 g/mol. The highest BCUT2D eigenvalue weighted by molar-refractivity contribution is 6.28. The van der Waals surface area contributed by atoms with E-state index in [2.05, 4.69) is 35.3 Å². The van der Waals surface area contributed by atoms with Gasteiger partial charge >= 0.3 is 0 Å². The molecule has 0 fully saturated rings. The monoisotopic (exact) mass is 283 g/mol. The molecule has 3 rings (SSSR count). The van der Waals surface area contributed by atoms with Crippen LogP contribution in [0, 0.1) is 6.92 Å². The molecule has 0 bridgehead atoms. The topological polar surface area (TPSA) is 30.7 Å². The average Bonchev–Trinajstić information content (AvgIpc) is 2.81. The summed E-state index contributed by atoms with van der Waals surface area (Å²) in [5.41, 5.74) is 3.43. The third kappa shape index (κ3) is 2.58. The fourth-order valence-electron chi connectivity index (χ4n) is 2.22. The van der Waals surface area contributed by atoms with Crippen molar-refractivity contribution in [3.63, 3.8) is 0 Å². The molecule has 0 atom stereocenters. The Kier molecular flexibility index (Phi) is 3.52. The smallest absolute Gasteiger partial charge is 0.225 e. The highest BCUT2D eigenvalue weighted by Crippen LogP contribution is 2.21. The number of halogens is 1. The SMILES string of the molecule is Cc1cccc(Cn2c(Cl)nnc2-c2ccccc2)c1. The number of rotatable bonds is 3. The second kappa shape index (κ2) is 5.47. The molecule has 2 aromatic carbocycles. The fourth-order valence-corrected chi connectivity index (χ4v) is 2.40. The van der Waals surface area contributed by atoms with Gasteiger partial charge in [0.25, 0.3) is 0 Å². The van der Waals surface area contributed by atoms with E-state index < -0.39 is 0 Å². The van der Waals surface area contributed by atoms with E-state index in [9.17, 15) is 0 Å². The molecule has 0 amide bonds. The van der Waals surface area contributed by atoms with E-state index in [4.69, 9.17) is 11.6 Å². The van der Waals surface area contributed by atoms with Crippen molar-refractivity contribution in [1.82, 2.24) is 14.8 Å². The third-order valence-corrected chi connectivity index (χ3v) is 3.44. The van der Waals surface area contributed by atoms with Gasteiger partial charge in [-0.3, -0.25) is 4.57 Å². The van der Waals surface area contributed by atoms with Crippen LogP contribution in [0.2, 0.25) is 5.28 Å². The molecule has 0 aliphatic heterocycles. The van der Waals surface area contributed by atoms with Gasteiger partial charge in [-0.2, -0.15) is 0 Å². The molecule has 0 radical (unpaired) electrons. The van der Waals surface area contributed by atoms with Gasteiger partial charge in [-0.15, -0.1) is 10.2 Å². The van der Waals surface area contributed by atoms with E-state index in [1.54, 1.807) is 0 Å². The maximum Gasteiger partial charge on any atom is 0.225 e. The second-order valence-corrected chi connectivity index (χ2v) is 5.07. The minimum atomic E-state index is 0.408. The Morgan fingerprint density at radius 3 is 2.55 bits per heavy atom. The van der Waals surface area contributed by atoms with Crippen molar-refractivity contribution in [3.05, 3.63) is 71.0 Å².